The quantitative estimate of drug-likeness (QED) is 0.763. The average molecular weight is 458 g/mol. The summed E-state index contributed by atoms with van der Waals surface area (Å²) in [4.78, 5) is 19.6. The van der Waals surface area contributed by atoms with Gasteiger partial charge < -0.3 is 15.0 Å². The summed E-state index contributed by atoms with van der Waals surface area (Å²) in [5, 5.41) is 8.84. The largest absolute Gasteiger partial charge is 0.479 e. The van der Waals surface area contributed by atoms with Crippen molar-refractivity contribution in [2.75, 3.05) is 33.3 Å². The number of hydrogen-bond acceptors (Lipinski definition) is 5. The van der Waals surface area contributed by atoms with Crippen molar-refractivity contribution in [1.82, 2.24) is 25.0 Å². The van der Waals surface area contributed by atoms with Gasteiger partial charge in [-0.3, -0.25) is 4.79 Å². The smallest absolute Gasteiger partial charge is 0.242 e. The first-order valence-corrected chi connectivity index (χ1v) is 10.3. The summed E-state index contributed by atoms with van der Waals surface area (Å²) >= 11 is 0. The van der Waals surface area contributed by atoms with Crippen LogP contribution in [0.25, 0.3) is 11.0 Å². The molecule has 0 unspecified atom stereocenters. The molecule has 4 heterocycles. The van der Waals surface area contributed by atoms with Crippen LogP contribution in [0.4, 0.5) is 0 Å². The number of piperidine rings is 1. The molecule has 1 N–H and O–H groups in total. The third-order valence-corrected chi connectivity index (χ3v) is 6.81. The van der Waals surface area contributed by atoms with Crippen molar-refractivity contribution in [3.05, 3.63) is 16.8 Å². The van der Waals surface area contributed by atoms with Gasteiger partial charge in [-0.25, -0.2) is 9.67 Å². The Bertz CT molecular complexity index is 899. The average Bonchev–Trinajstić information content (AvgIpc) is 3.26. The van der Waals surface area contributed by atoms with Crippen LogP contribution in [0.5, 0.6) is 5.88 Å². The van der Waals surface area contributed by atoms with E-state index in [1.165, 1.54) is 6.42 Å². The summed E-state index contributed by atoms with van der Waals surface area (Å²) in [5.74, 6) is 0.861. The predicted octanol–water partition coefficient (Wildman–Crippen LogP) is 2.97. The summed E-state index contributed by atoms with van der Waals surface area (Å²) in [6, 6.07) is 0. The lowest BCUT2D eigenvalue weighted by Crippen LogP contribution is -2.44. The number of fused-ring (bicyclic) bond motifs is 1. The SMILES string of the molecule is COc1nn(C)c2nc(C)c(CCC(=O)N3CCC4(CCNC4)CC3)c(C)c12.Cl.Cl. The number of amides is 1. The Balaban J connectivity index is 0.00000160. The molecule has 9 heteroatoms. The Hall–Kier alpha value is -1.57. The molecule has 2 aromatic heterocycles. The molecule has 0 aromatic carbocycles. The van der Waals surface area contributed by atoms with E-state index in [-0.39, 0.29) is 30.7 Å². The lowest BCUT2D eigenvalue weighted by atomic mass is 9.78. The first-order chi connectivity index (χ1) is 13.4. The van der Waals surface area contributed by atoms with Gasteiger partial charge in [0, 0.05) is 38.8 Å². The number of ether oxygens (including phenoxy) is 1. The minimum atomic E-state index is 0. The van der Waals surface area contributed by atoms with E-state index in [4.69, 9.17) is 9.72 Å². The van der Waals surface area contributed by atoms with E-state index in [9.17, 15) is 4.79 Å². The van der Waals surface area contributed by atoms with Crippen molar-refractivity contribution in [2.24, 2.45) is 12.5 Å². The molecule has 0 aliphatic carbocycles. The fourth-order valence-corrected chi connectivity index (χ4v) is 4.95. The highest BCUT2D eigenvalue weighted by molar-refractivity contribution is 5.86. The standard InChI is InChI=1S/C21H31N5O2.2ClH/c1-14-16(15(2)23-19-18(14)20(28-4)24-25(19)3)5-6-17(27)26-11-8-21(9-12-26)7-10-22-13-21;;/h22H,5-13H2,1-4H3;2*1H. The molecule has 0 saturated carbocycles. The summed E-state index contributed by atoms with van der Waals surface area (Å²) in [7, 11) is 3.51. The number of carbonyl (C=O) groups is 1. The summed E-state index contributed by atoms with van der Waals surface area (Å²) in [5.41, 5.74) is 4.50. The van der Waals surface area contributed by atoms with Gasteiger partial charge in [0.25, 0.3) is 0 Å². The van der Waals surface area contributed by atoms with Crippen LogP contribution in [0.15, 0.2) is 0 Å². The number of rotatable bonds is 4. The molecule has 2 saturated heterocycles. The molecular weight excluding hydrogens is 425 g/mol. The number of hydrogen-bond donors (Lipinski definition) is 1. The second-order valence-corrected chi connectivity index (χ2v) is 8.44. The molecule has 1 amide bonds. The zero-order valence-electron chi connectivity index (χ0n) is 18.3. The molecule has 1 spiro atoms. The first kappa shape index (κ1) is 24.7. The molecule has 7 nitrogen and oxygen atoms in total. The molecule has 4 rings (SSSR count). The lowest BCUT2D eigenvalue weighted by molar-refractivity contribution is -0.133. The summed E-state index contributed by atoms with van der Waals surface area (Å²) in [6.45, 7) is 8.13. The van der Waals surface area contributed by atoms with Gasteiger partial charge in [0.05, 0.1) is 12.5 Å². The monoisotopic (exact) mass is 457 g/mol. The van der Waals surface area contributed by atoms with E-state index < -0.39 is 0 Å². The van der Waals surface area contributed by atoms with E-state index in [1.807, 2.05) is 14.0 Å². The number of likely N-dealkylation sites (tertiary alicyclic amines) is 1. The highest BCUT2D eigenvalue weighted by Crippen LogP contribution is 2.37. The van der Waals surface area contributed by atoms with Crippen molar-refractivity contribution in [3.8, 4) is 5.88 Å². The van der Waals surface area contributed by atoms with Gasteiger partial charge in [-0.15, -0.1) is 29.9 Å². The molecule has 0 radical (unpaired) electrons. The van der Waals surface area contributed by atoms with Gasteiger partial charge in [0.2, 0.25) is 11.8 Å². The number of carbonyl (C=O) groups excluding carboxylic acids is 1. The van der Waals surface area contributed by atoms with Gasteiger partial charge in [0.1, 0.15) is 0 Å². The van der Waals surface area contributed by atoms with Gasteiger partial charge >= 0.3 is 0 Å². The Labute approximate surface area is 190 Å². The number of aryl methyl sites for hydroxylation is 3. The van der Waals surface area contributed by atoms with E-state index >= 15 is 0 Å². The Morgan fingerprint density at radius 2 is 1.90 bits per heavy atom. The van der Waals surface area contributed by atoms with Gasteiger partial charge in [-0.05, 0) is 62.6 Å². The Kier molecular flexibility index (Phi) is 7.99. The van der Waals surface area contributed by atoms with Crippen molar-refractivity contribution < 1.29 is 9.53 Å². The second kappa shape index (κ2) is 9.71. The van der Waals surface area contributed by atoms with Crippen LogP contribution in [0, 0.1) is 19.3 Å². The van der Waals surface area contributed by atoms with Crippen LogP contribution in [0.1, 0.15) is 42.5 Å². The molecule has 0 bridgehead atoms. The van der Waals surface area contributed by atoms with Crippen molar-refractivity contribution >= 4 is 41.8 Å². The van der Waals surface area contributed by atoms with E-state index in [0.29, 0.717) is 24.1 Å². The minimum absolute atomic E-state index is 0. The van der Waals surface area contributed by atoms with Crippen LogP contribution >= 0.6 is 24.8 Å². The van der Waals surface area contributed by atoms with Crippen molar-refractivity contribution in [2.45, 2.75) is 46.0 Å². The fourth-order valence-electron chi connectivity index (χ4n) is 4.95. The molecule has 2 aromatic rings. The third-order valence-electron chi connectivity index (χ3n) is 6.81. The molecule has 2 aliphatic rings. The number of nitrogens with zero attached hydrogens (tertiary/aromatic N) is 4. The number of methoxy groups -OCH3 is 1. The third kappa shape index (κ3) is 4.39. The molecule has 30 heavy (non-hydrogen) atoms. The highest BCUT2D eigenvalue weighted by Gasteiger charge is 2.37. The van der Waals surface area contributed by atoms with Crippen LogP contribution in [-0.4, -0.2) is 58.9 Å². The van der Waals surface area contributed by atoms with Crippen LogP contribution in [0.3, 0.4) is 0 Å². The number of pyridine rings is 1. The molecule has 2 fully saturated rings. The summed E-state index contributed by atoms with van der Waals surface area (Å²) < 4.78 is 7.19. The van der Waals surface area contributed by atoms with Gasteiger partial charge in [-0.2, -0.15) is 0 Å². The van der Waals surface area contributed by atoms with Gasteiger partial charge in [0.15, 0.2) is 5.65 Å². The Morgan fingerprint density at radius 3 is 2.50 bits per heavy atom. The van der Waals surface area contributed by atoms with Gasteiger partial charge in [-0.1, -0.05) is 0 Å². The maximum absolute atomic E-state index is 12.8. The first-order valence-electron chi connectivity index (χ1n) is 10.3. The zero-order chi connectivity index (χ0) is 19.9. The second-order valence-electron chi connectivity index (χ2n) is 8.44. The zero-order valence-corrected chi connectivity index (χ0v) is 19.9. The van der Waals surface area contributed by atoms with E-state index in [1.54, 1.807) is 11.8 Å². The summed E-state index contributed by atoms with van der Waals surface area (Å²) in [6.07, 6.45) is 4.75. The molecule has 2 aliphatic heterocycles. The normalized spacial score (nSPS) is 17.7. The lowest BCUT2D eigenvalue weighted by Gasteiger charge is -2.39. The maximum atomic E-state index is 12.8. The fraction of sp³-hybridized carbons (Fsp3) is 0.667. The van der Waals surface area contributed by atoms with Crippen LogP contribution in [0.2, 0.25) is 0 Å². The highest BCUT2D eigenvalue weighted by atomic mass is 35.5. The van der Waals surface area contributed by atoms with Crippen molar-refractivity contribution in [1.29, 1.82) is 0 Å². The maximum Gasteiger partial charge on any atom is 0.242 e. The van der Waals surface area contributed by atoms with Crippen LogP contribution < -0.4 is 10.1 Å². The Morgan fingerprint density at radius 1 is 1.20 bits per heavy atom. The van der Waals surface area contributed by atoms with E-state index in [2.05, 4.69) is 22.2 Å². The number of aromatic nitrogens is 3. The number of halogens is 2. The molecular formula is C21H33Cl2N5O2. The molecule has 0 atom stereocenters. The van der Waals surface area contributed by atoms with E-state index in [0.717, 1.165) is 66.9 Å². The molecule has 168 valence electrons. The minimum Gasteiger partial charge on any atom is -0.479 e. The van der Waals surface area contributed by atoms with Crippen LogP contribution in [-0.2, 0) is 18.3 Å². The topological polar surface area (TPSA) is 72.3 Å². The number of nitrogens with one attached hydrogen (secondary N) is 1. The predicted molar refractivity (Wildman–Crippen MR) is 123 cm³/mol. The van der Waals surface area contributed by atoms with Crippen molar-refractivity contribution in [3.63, 3.8) is 0 Å².